The molecule has 0 saturated heterocycles. The number of anilines is 1. The van der Waals surface area contributed by atoms with Gasteiger partial charge in [0.2, 0.25) is 0 Å². The Morgan fingerprint density at radius 2 is 2.36 bits per heavy atom. The average Bonchev–Trinajstić information content (AvgIpc) is 2.58. The van der Waals surface area contributed by atoms with Crippen molar-refractivity contribution in [3.63, 3.8) is 0 Å². The monoisotopic (exact) mass is 228 g/mol. The van der Waals surface area contributed by atoms with Crippen LogP contribution in [0.5, 0.6) is 0 Å². The number of halogens is 1. The van der Waals surface area contributed by atoms with Crippen LogP contribution in [0.15, 0.2) is 18.2 Å². The van der Waals surface area contributed by atoms with Gasteiger partial charge in [-0.1, -0.05) is 11.3 Å². The highest BCUT2D eigenvalue weighted by molar-refractivity contribution is 7.22. The molecule has 1 aromatic carbocycles. The van der Waals surface area contributed by atoms with Gasteiger partial charge in [0.1, 0.15) is 0 Å². The van der Waals surface area contributed by atoms with Gasteiger partial charge in [0.05, 0.1) is 15.8 Å². The Balaban J connectivity index is 2.59. The minimum absolute atomic E-state index is 0.252. The lowest BCUT2D eigenvalue weighted by atomic mass is 10.2. The van der Waals surface area contributed by atoms with Crippen LogP contribution in [-0.4, -0.2) is 16.1 Å². The molecule has 1 heterocycles. The van der Waals surface area contributed by atoms with E-state index in [1.54, 1.807) is 12.1 Å². The molecule has 2 rings (SSSR count). The van der Waals surface area contributed by atoms with Crippen LogP contribution in [-0.2, 0) is 0 Å². The fraction of sp³-hybridized carbons (Fsp3) is 0. The van der Waals surface area contributed by atoms with Crippen molar-refractivity contribution < 1.29 is 9.90 Å². The normalized spacial score (nSPS) is 10.4. The van der Waals surface area contributed by atoms with Gasteiger partial charge in [0.15, 0.2) is 5.13 Å². The summed E-state index contributed by atoms with van der Waals surface area (Å²) >= 11 is 6.69. The zero-order valence-electron chi connectivity index (χ0n) is 6.82. The molecule has 0 radical (unpaired) electrons. The summed E-state index contributed by atoms with van der Waals surface area (Å²) in [7, 11) is 0. The molecule has 0 fully saturated rings. The number of hydrogen-bond acceptors (Lipinski definition) is 4. The van der Waals surface area contributed by atoms with Crippen molar-refractivity contribution in [2.75, 3.05) is 4.84 Å². The third-order valence-corrected chi connectivity index (χ3v) is 2.94. The lowest BCUT2D eigenvalue weighted by Gasteiger charge is -1.91. The van der Waals surface area contributed by atoms with Crippen LogP contribution in [0.3, 0.4) is 0 Å². The van der Waals surface area contributed by atoms with Crippen molar-refractivity contribution in [3.8, 4) is 0 Å². The van der Waals surface area contributed by atoms with Crippen molar-refractivity contribution in [3.05, 3.63) is 23.8 Å². The summed E-state index contributed by atoms with van der Waals surface area (Å²) in [5, 5.41) is 9.31. The Labute approximate surface area is 88.3 Å². The highest BCUT2D eigenvalue weighted by atomic mass is 35.5. The summed E-state index contributed by atoms with van der Waals surface area (Å²) in [6, 6.07) is 4.75. The third kappa shape index (κ3) is 1.51. The Hall–Kier alpha value is -1.33. The summed E-state index contributed by atoms with van der Waals surface area (Å²) in [5.41, 5.74) is 0.991. The average molecular weight is 229 g/mol. The molecule has 0 saturated carbocycles. The number of thiazole rings is 1. The van der Waals surface area contributed by atoms with Gasteiger partial charge in [0, 0.05) is 11.8 Å². The summed E-state index contributed by atoms with van der Waals surface area (Å²) in [6.45, 7) is 0. The molecule has 4 nitrogen and oxygen atoms in total. The second-order valence-corrected chi connectivity index (χ2v) is 3.82. The van der Waals surface area contributed by atoms with E-state index in [-0.39, 0.29) is 5.56 Å². The highest BCUT2D eigenvalue weighted by Gasteiger charge is 2.07. The number of carboxylic acids is 1. The molecule has 1 aromatic heterocycles. The third-order valence-electron chi connectivity index (χ3n) is 1.72. The van der Waals surface area contributed by atoms with E-state index < -0.39 is 5.97 Å². The van der Waals surface area contributed by atoms with Crippen LogP contribution in [0, 0.1) is 0 Å². The van der Waals surface area contributed by atoms with Gasteiger partial charge >= 0.3 is 5.97 Å². The van der Waals surface area contributed by atoms with Crippen molar-refractivity contribution in [2.45, 2.75) is 0 Å². The maximum Gasteiger partial charge on any atom is 0.335 e. The van der Waals surface area contributed by atoms with Gasteiger partial charge in [0.25, 0.3) is 0 Å². The first kappa shape index (κ1) is 9.23. The quantitative estimate of drug-likeness (QED) is 0.776. The minimum Gasteiger partial charge on any atom is -0.478 e. The first-order valence-corrected chi connectivity index (χ1v) is 4.90. The van der Waals surface area contributed by atoms with E-state index in [0.717, 1.165) is 10.2 Å². The Bertz CT molecular complexity index is 497. The predicted molar refractivity (Wildman–Crippen MR) is 56.1 cm³/mol. The van der Waals surface area contributed by atoms with Gasteiger partial charge in [-0.25, -0.2) is 9.78 Å². The van der Waals surface area contributed by atoms with Crippen LogP contribution in [0.25, 0.3) is 10.2 Å². The van der Waals surface area contributed by atoms with Gasteiger partial charge in [-0.15, -0.1) is 0 Å². The zero-order chi connectivity index (χ0) is 10.1. The van der Waals surface area contributed by atoms with E-state index in [4.69, 9.17) is 16.9 Å². The van der Waals surface area contributed by atoms with Gasteiger partial charge in [-0.05, 0) is 18.2 Å². The van der Waals surface area contributed by atoms with E-state index in [1.165, 1.54) is 17.4 Å². The first-order valence-electron chi connectivity index (χ1n) is 3.71. The summed E-state index contributed by atoms with van der Waals surface area (Å²) < 4.78 is 0.799. The zero-order valence-corrected chi connectivity index (χ0v) is 8.39. The van der Waals surface area contributed by atoms with Crippen molar-refractivity contribution in [2.24, 2.45) is 0 Å². The first-order chi connectivity index (χ1) is 6.70. The van der Waals surface area contributed by atoms with Crippen molar-refractivity contribution in [1.29, 1.82) is 0 Å². The second kappa shape index (κ2) is 3.43. The molecule has 6 heteroatoms. The number of nitrogens with zero attached hydrogens (tertiary/aromatic N) is 1. The van der Waals surface area contributed by atoms with Crippen LogP contribution in [0.2, 0.25) is 0 Å². The fourth-order valence-corrected chi connectivity index (χ4v) is 2.05. The second-order valence-electron chi connectivity index (χ2n) is 2.60. The smallest absolute Gasteiger partial charge is 0.335 e. The Morgan fingerprint density at radius 1 is 1.57 bits per heavy atom. The topological polar surface area (TPSA) is 62.2 Å². The molecular weight excluding hydrogens is 224 g/mol. The molecule has 0 aliphatic rings. The highest BCUT2D eigenvalue weighted by Crippen LogP contribution is 2.27. The Morgan fingerprint density at radius 3 is 3.00 bits per heavy atom. The molecular formula is C8H5ClN2O2S. The Kier molecular flexibility index (Phi) is 2.26. The van der Waals surface area contributed by atoms with E-state index in [0.29, 0.717) is 5.13 Å². The molecule has 2 aromatic rings. The SMILES string of the molecule is O=C(O)c1ccc2nc(NCl)sc2c1. The summed E-state index contributed by atoms with van der Waals surface area (Å²) in [5.74, 6) is -0.944. The van der Waals surface area contributed by atoms with E-state index in [2.05, 4.69) is 9.82 Å². The molecule has 0 atom stereocenters. The molecule has 72 valence electrons. The summed E-state index contributed by atoms with van der Waals surface area (Å²) in [6.07, 6.45) is 0. The molecule has 14 heavy (non-hydrogen) atoms. The minimum atomic E-state index is -0.944. The van der Waals surface area contributed by atoms with Gasteiger partial charge in [-0.3, -0.25) is 4.84 Å². The molecule has 0 unspecified atom stereocenters. The maximum atomic E-state index is 10.7. The maximum absolute atomic E-state index is 10.7. The van der Waals surface area contributed by atoms with Crippen molar-refractivity contribution >= 4 is 44.4 Å². The van der Waals surface area contributed by atoms with E-state index in [1.807, 2.05) is 0 Å². The predicted octanol–water partition coefficient (Wildman–Crippen LogP) is 2.56. The molecule has 0 aliphatic heterocycles. The van der Waals surface area contributed by atoms with Crippen molar-refractivity contribution in [1.82, 2.24) is 4.98 Å². The van der Waals surface area contributed by atoms with Gasteiger partial charge in [-0.2, -0.15) is 0 Å². The van der Waals surface area contributed by atoms with E-state index in [9.17, 15) is 4.79 Å². The number of fused-ring (bicyclic) bond motifs is 1. The van der Waals surface area contributed by atoms with E-state index >= 15 is 0 Å². The fourth-order valence-electron chi connectivity index (χ4n) is 1.10. The standard InChI is InChI=1S/C8H5ClN2O2S/c9-11-8-10-5-2-1-4(7(12)13)3-6(5)14-8/h1-3H,(H,10,11)(H,12,13). The summed E-state index contributed by atoms with van der Waals surface area (Å²) in [4.78, 5) is 17.2. The molecule has 0 aliphatic carbocycles. The number of carboxylic acid groups (broad SMARTS) is 1. The number of nitrogens with one attached hydrogen (secondary N) is 1. The lowest BCUT2D eigenvalue weighted by Crippen LogP contribution is -1.94. The van der Waals surface area contributed by atoms with Crippen LogP contribution < -0.4 is 4.84 Å². The van der Waals surface area contributed by atoms with Crippen LogP contribution >= 0.6 is 23.1 Å². The molecule has 0 bridgehead atoms. The van der Waals surface area contributed by atoms with Crippen LogP contribution in [0.4, 0.5) is 5.13 Å². The number of benzene rings is 1. The number of carbonyl (C=O) groups is 1. The number of rotatable bonds is 2. The number of aromatic carboxylic acids is 1. The molecule has 0 amide bonds. The number of hydrogen-bond donors (Lipinski definition) is 2. The molecule has 0 spiro atoms. The largest absolute Gasteiger partial charge is 0.478 e. The van der Waals surface area contributed by atoms with Crippen LogP contribution in [0.1, 0.15) is 10.4 Å². The molecule has 2 N–H and O–H groups in total. The number of aromatic nitrogens is 1. The lowest BCUT2D eigenvalue weighted by molar-refractivity contribution is 0.0697. The van der Waals surface area contributed by atoms with Gasteiger partial charge < -0.3 is 5.11 Å².